The minimum absolute atomic E-state index is 0.795. The third-order valence-electron chi connectivity index (χ3n) is 4.32. The minimum Gasteiger partial charge on any atom is -0.330 e. The molecular formula is C19H24N2S. The highest BCUT2D eigenvalue weighted by atomic mass is 32.1. The molecule has 2 N–H and O–H groups in total. The lowest BCUT2D eigenvalue weighted by Crippen LogP contribution is -2.32. The van der Waals surface area contributed by atoms with Gasteiger partial charge in [-0.25, -0.2) is 0 Å². The van der Waals surface area contributed by atoms with E-state index >= 15 is 0 Å². The van der Waals surface area contributed by atoms with Crippen LogP contribution in [0.4, 0.5) is 0 Å². The van der Waals surface area contributed by atoms with Gasteiger partial charge in [0.05, 0.1) is 0 Å². The van der Waals surface area contributed by atoms with Crippen LogP contribution in [-0.4, -0.2) is 31.1 Å². The second-order valence-corrected chi connectivity index (χ2v) is 6.75. The number of likely N-dealkylation sites (tertiary alicyclic amines) is 1. The topological polar surface area (TPSA) is 29.3 Å². The fourth-order valence-corrected chi connectivity index (χ4v) is 4.00. The molecule has 0 bridgehead atoms. The van der Waals surface area contributed by atoms with Crippen molar-refractivity contribution in [3.05, 3.63) is 63.9 Å². The largest absolute Gasteiger partial charge is 0.330 e. The molecule has 0 unspecified atom stereocenters. The van der Waals surface area contributed by atoms with E-state index in [-0.39, 0.29) is 0 Å². The Labute approximate surface area is 137 Å². The zero-order valence-corrected chi connectivity index (χ0v) is 13.8. The fraction of sp³-hybridized carbons (Fsp3) is 0.368. The van der Waals surface area contributed by atoms with Gasteiger partial charge >= 0.3 is 0 Å². The van der Waals surface area contributed by atoms with Gasteiger partial charge in [-0.15, -0.1) is 11.3 Å². The minimum atomic E-state index is 0.795. The van der Waals surface area contributed by atoms with Gasteiger partial charge in [0.2, 0.25) is 0 Å². The second-order valence-electron chi connectivity index (χ2n) is 5.81. The predicted octanol–water partition coefficient (Wildman–Crippen LogP) is 3.99. The first kappa shape index (κ1) is 15.5. The molecule has 0 atom stereocenters. The van der Waals surface area contributed by atoms with Crippen LogP contribution in [0, 0.1) is 0 Å². The highest BCUT2D eigenvalue weighted by Gasteiger charge is 2.18. The predicted molar refractivity (Wildman–Crippen MR) is 96.1 cm³/mol. The van der Waals surface area contributed by atoms with E-state index in [1.165, 1.54) is 28.9 Å². The maximum absolute atomic E-state index is 5.63. The fourth-order valence-electron chi connectivity index (χ4n) is 3.16. The van der Waals surface area contributed by atoms with Gasteiger partial charge in [0.1, 0.15) is 0 Å². The molecule has 0 saturated carbocycles. The number of hydrogen-bond acceptors (Lipinski definition) is 3. The molecule has 1 fully saturated rings. The first-order valence-corrected chi connectivity index (χ1v) is 9.00. The summed E-state index contributed by atoms with van der Waals surface area (Å²) in [6, 6.07) is 15.3. The summed E-state index contributed by atoms with van der Waals surface area (Å²) in [6.07, 6.45) is 3.45. The maximum Gasteiger partial charge on any atom is 0.0348 e. The SMILES string of the molecule is NCCCN1CCC(=C(c2ccccc2)c2cccs2)CC1. The number of hydrogen-bond donors (Lipinski definition) is 1. The third-order valence-corrected chi connectivity index (χ3v) is 5.21. The summed E-state index contributed by atoms with van der Waals surface area (Å²) in [5.74, 6) is 0. The molecule has 1 aliphatic rings. The molecule has 3 heteroatoms. The van der Waals surface area contributed by atoms with E-state index in [1.807, 2.05) is 11.3 Å². The van der Waals surface area contributed by atoms with Gasteiger partial charge in [0, 0.05) is 18.0 Å². The van der Waals surface area contributed by atoms with Crippen LogP contribution in [0.2, 0.25) is 0 Å². The lowest BCUT2D eigenvalue weighted by molar-refractivity contribution is 0.255. The van der Waals surface area contributed by atoms with Crippen LogP contribution in [-0.2, 0) is 0 Å². The number of benzene rings is 1. The van der Waals surface area contributed by atoms with E-state index in [0.717, 1.165) is 32.6 Å². The average Bonchev–Trinajstić information content (AvgIpc) is 3.09. The van der Waals surface area contributed by atoms with Crippen molar-refractivity contribution in [2.45, 2.75) is 19.3 Å². The zero-order chi connectivity index (χ0) is 15.2. The molecule has 3 rings (SSSR count). The van der Waals surface area contributed by atoms with Crippen molar-refractivity contribution in [2.24, 2.45) is 5.73 Å². The first-order valence-electron chi connectivity index (χ1n) is 8.12. The van der Waals surface area contributed by atoms with Crippen molar-refractivity contribution in [1.29, 1.82) is 0 Å². The summed E-state index contributed by atoms with van der Waals surface area (Å²) in [6.45, 7) is 4.27. The quantitative estimate of drug-likeness (QED) is 0.904. The van der Waals surface area contributed by atoms with Gasteiger partial charge in [-0.2, -0.15) is 0 Å². The van der Waals surface area contributed by atoms with Gasteiger partial charge in [-0.05, 0) is 54.9 Å². The van der Waals surface area contributed by atoms with Crippen LogP contribution in [0.25, 0.3) is 5.57 Å². The van der Waals surface area contributed by atoms with Gasteiger partial charge in [0.15, 0.2) is 0 Å². The van der Waals surface area contributed by atoms with E-state index in [1.54, 1.807) is 5.57 Å². The van der Waals surface area contributed by atoms with Crippen LogP contribution in [0.5, 0.6) is 0 Å². The number of nitrogens with zero attached hydrogens (tertiary/aromatic N) is 1. The molecule has 1 aromatic heterocycles. The molecule has 2 aromatic rings. The monoisotopic (exact) mass is 312 g/mol. The molecule has 0 radical (unpaired) electrons. The van der Waals surface area contributed by atoms with Gasteiger partial charge in [0.25, 0.3) is 0 Å². The number of thiophene rings is 1. The summed E-state index contributed by atoms with van der Waals surface area (Å²) in [4.78, 5) is 3.95. The third kappa shape index (κ3) is 3.67. The Kier molecular flexibility index (Phi) is 5.43. The average molecular weight is 312 g/mol. The highest BCUT2D eigenvalue weighted by molar-refractivity contribution is 7.11. The van der Waals surface area contributed by atoms with Crippen LogP contribution < -0.4 is 5.73 Å². The van der Waals surface area contributed by atoms with E-state index in [4.69, 9.17) is 5.73 Å². The Morgan fingerprint density at radius 3 is 2.45 bits per heavy atom. The van der Waals surface area contributed by atoms with Crippen LogP contribution >= 0.6 is 11.3 Å². The van der Waals surface area contributed by atoms with Crippen LogP contribution in [0.1, 0.15) is 29.7 Å². The molecule has 0 spiro atoms. The maximum atomic E-state index is 5.63. The van der Waals surface area contributed by atoms with Crippen LogP contribution in [0.3, 0.4) is 0 Å². The van der Waals surface area contributed by atoms with E-state index in [9.17, 15) is 0 Å². The molecule has 1 saturated heterocycles. The number of piperidine rings is 1. The molecule has 0 amide bonds. The van der Waals surface area contributed by atoms with Crippen molar-refractivity contribution in [3.63, 3.8) is 0 Å². The normalized spacial score (nSPS) is 16.0. The molecule has 1 aliphatic heterocycles. The summed E-state index contributed by atoms with van der Waals surface area (Å²) in [5, 5.41) is 2.18. The highest BCUT2D eigenvalue weighted by Crippen LogP contribution is 2.34. The Hall–Kier alpha value is -1.42. The van der Waals surface area contributed by atoms with Gasteiger partial charge in [-0.3, -0.25) is 0 Å². The Morgan fingerprint density at radius 1 is 1.05 bits per heavy atom. The Bertz CT molecular complexity index is 592. The molecule has 2 heterocycles. The standard InChI is InChI=1S/C19H24N2S/c20-11-5-12-21-13-9-17(10-14-21)19(18-8-4-15-22-18)16-6-2-1-3-7-16/h1-4,6-8,15H,5,9-14,20H2. The Balaban J connectivity index is 1.84. The summed E-state index contributed by atoms with van der Waals surface area (Å²) >= 11 is 1.85. The molecule has 116 valence electrons. The molecule has 2 nitrogen and oxygen atoms in total. The smallest absolute Gasteiger partial charge is 0.0348 e. The van der Waals surface area contributed by atoms with Crippen molar-refractivity contribution < 1.29 is 0 Å². The van der Waals surface area contributed by atoms with E-state index in [0.29, 0.717) is 0 Å². The first-order chi connectivity index (χ1) is 10.9. The van der Waals surface area contributed by atoms with E-state index < -0.39 is 0 Å². The summed E-state index contributed by atoms with van der Waals surface area (Å²) < 4.78 is 0. The number of nitrogens with two attached hydrogens (primary N) is 1. The van der Waals surface area contributed by atoms with Crippen LogP contribution in [0.15, 0.2) is 53.4 Å². The molecule has 0 aliphatic carbocycles. The second kappa shape index (κ2) is 7.73. The molecule has 22 heavy (non-hydrogen) atoms. The van der Waals surface area contributed by atoms with Crippen molar-refractivity contribution in [2.75, 3.05) is 26.2 Å². The summed E-state index contributed by atoms with van der Waals surface area (Å²) in [7, 11) is 0. The lowest BCUT2D eigenvalue weighted by atomic mass is 9.92. The Morgan fingerprint density at radius 2 is 1.82 bits per heavy atom. The van der Waals surface area contributed by atoms with Crippen molar-refractivity contribution >= 4 is 16.9 Å². The zero-order valence-electron chi connectivity index (χ0n) is 13.0. The van der Waals surface area contributed by atoms with E-state index in [2.05, 4.69) is 52.7 Å². The van der Waals surface area contributed by atoms with Gasteiger partial charge in [-0.1, -0.05) is 42.0 Å². The van der Waals surface area contributed by atoms with Gasteiger partial charge < -0.3 is 10.6 Å². The summed E-state index contributed by atoms with van der Waals surface area (Å²) in [5.41, 5.74) is 10.1. The van der Waals surface area contributed by atoms with Crippen molar-refractivity contribution in [1.82, 2.24) is 4.90 Å². The van der Waals surface area contributed by atoms with Crippen molar-refractivity contribution in [3.8, 4) is 0 Å². The number of rotatable bonds is 5. The molecular weight excluding hydrogens is 288 g/mol. The molecule has 1 aromatic carbocycles. The lowest BCUT2D eigenvalue weighted by Gasteiger charge is -2.29.